The summed E-state index contributed by atoms with van der Waals surface area (Å²) in [4.78, 5) is 22.9. The van der Waals surface area contributed by atoms with Crippen molar-refractivity contribution >= 4 is 11.9 Å². The first-order valence-corrected chi connectivity index (χ1v) is 11.6. The van der Waals surface area contributed by atoms with Gasteiger partial charge in [0.05, 0.1) is 11.1 Å². The summed E-state index contributed by atoms with van der Waals surface area (Å²) in [6.07, 6.45) is 18.3. The average molecular weight is 405 g/mol. The maximum absolute atomic E-state index is 11.6. The highest BCUT2D eigenvalue weighted by molar-refractivity contribution is 6.03. The number of benzene rings is 1. The van der Waals surface area contributed by atoms with Crippen molar-refractivity contribution in [2.75, 3.05) is 0 Å². The minimum atomic E-state index is -1.18. The summed E-state index contributed by atoms with van der Waals surface area (Å²) in [5.74, 6) is -2.32. The second-order valence-electron chi connectivity index (χ2n) is 8.08. The van der Waals surface area contributed by atoms with Crippen LogP contribution in [-0.2, 0) is 12.8 Å². The molecular formula is C25H40O4. The molecule has 0 aliphatic heterocycles. The molecule has 4 nitrogen and oxygen atoms in total. The van der Waals surface area contributed by atoms with Crippen LogP contribution >= 0.6 is 0 Å². The minimum absolute atomic E-state index is 0.0350. The first-order chi connectivity index (χ1) is 14.0. The predicted octanol–water partition coefficient (Wildman–Crippen LogP) is 7.28. The normalized spacial score (nSPS) is 11.0. The van der Waals surface area contributed by atoms with E-state index in [0.717, 1.165) is 24.8 Å². The second kappa shape index (κ2) is 15.1. The molecular weight excluding hydrogens is 364 g/mol. The van der Waals surface area contributed by atoms with Gasteiger partial charge in [0.25, 0.3) is 0 Å². The summed E-state index contributed by atoms with van der Waals surface area (Å²) in [6, 6.07) is 3.25. The lowest BCUT2D eigenvalue weighted by atomic mass is 9.91. The largest absolute Gasteiger partial charge is 0.478 e. The van der Waals surface area contributed by atoms with Gasteiger partial charge in [0, 0.05) is 0 Å². The molecule has 0 saturated carbocycles. The molecule has 0 radical (unpaired) electrons. The monoisotopic (exact) mass is 404 g/mol. The minimum Gasteiger partial charge on any atom is -0.478 e. The zero-order chi connectivity index (χ0) is 21.5. The molecule has 0 fully saturated rings. The van der Waals surface area contributed by atoms with E-state index in [-0.39, 0.29) is 11.1 Å². The third-order valence-electron chi connectivity index (χ3n) is 5.76. The Morgan fingerprint density at radius 2 is 1.17 bits per heavy atom. The first kappa shape index (κ1) is 25.2. The number of rotatable bonds is 17. The van der Waals surface area contributed by atoms with E-state index < -0.39 is 11.9 Å². The number of hydrogen-bond acceptors (Lipinski definition) is 2. The van der Waals surface area contributed by atoms with Crippen LogP contribution in [0, 0.1) is 0 Å². The molecule has 1 aromatic carbocycles. The molecule has 0 aliphatic carbocycles. The van der Waals surface area contributed by atoms with E-state index in [1.54, 1.807) is 6.07 Å². The Morgan fingerprint density at radius 3 is 1.59 bits per heavy atom. The number of aryl methyl sites for hydroxylation is 1. The van der Waals surface area contributed by atoms with Crippen LogP contribution in [0.25, 0.3) is 0 Å². The summed E-state index contributed by atoms with van der Waals surface area (Å²) in [7, 11) is 0. The molecule has 1 rings (SSSR count). The van der Waals surface area contributed by atoms with Gasteiger partial charge in [-0.2, -0.15) is 0 Å². The maximum atomic E-state index is 11.6. The molecule has 29 heavy (non-hydrogen) atoms. The van der Waals surface area contributed by atoms with Gasteiger partial charge in [-0.05, 0) is 36.5 Å². The molecule has 0 heterocycles. The molecule has 0 amide bonds. The Morgan fingerprint density at radius 1 is 0.690 bits per heavy atom. The molecule has 0 spiro atoms. The Balaban J connectivity index is 2.27. The van der Waals surface area contributed by atoms with Crippen LogP contribution in [0.1, 0.15) is 129 Å². The van der Waals surface area contributed by atoms with Gasteiger partial charge < -0.3 is 10.2 Å². The third kappa shape index (κ3) is 9.47. The number of carbonyl (C=O) groups is 2. The van der Waals surface area contributed by atoms with Crippen molar-refractivity contribution in [3.8, 4) is 0 Å². The van der Waals surface area contributed by atoms with Crippen molar-refractivity contribution in [2.45, 2.75) is 110 Å². The lowest BCUT2D eigenvalue weighted by Gasteiger charge is -2.13. The fourth-order valence-electron chi connectivity index (χ4n) is 4.08. The van der Waals surface area contributed by atoms with Gasteiger partial charge in [-0.3, -0.25) is 0 Å². The molecule has 0 aromatic heterocycles. The van der Waals surface area contributed by atoms with Crippen molar-refractivity contribution < 1.29 is 19.8 Å². The Labute approximate surface area is 176 Å². The van der Waals surface area contributed by atoms with E-state index in [4.69, 9.17) is 0 Å². The van der Waals surface area contributed by atoms with Gasteiger partial charge in [0.1, 0.15) is 0 Å². The standard InChI is InChI=1S/C25H40O4/c1-3-5-6-7-8-9-10-11-12-13-14-15-16-17-20-18-19-22(24(26)27)23(25(28)29)21(20)4-2/h18-19H,3-17H2,1-2H3,(H,26,27)(H,28,29). The topological polar surface area (TPSA) is 74.6 Å². The van der Waals surface area contributed by atoms with E-state index in [1.807, 2.05) is 6.92 Å². The number of carboxylic acids is 2. The zero-order valence-electron chi connectivity index (χ0n) is 18.5. The SMILES string of the molecule is CCCCCCCCCCCCCCCc1ccc(C(=O)O)c(C(=O)O)c1CC. The molecule has 1 aromatic rings. The molecule has 2 N–H and O–H groups in total. The lowest BCUT2D eigenvalue weighted by molar-refractivity contribution is 0.0650. The van der Waals surface area contributed by atoms with Crippen LogP contribution in [0.4, 0.5) is 0 Å². The highest BCUT2D eigenvalue weighted by Crippen LogP contribution is 2.23. The van der Waals surface area contributed by atoms with Crippen molar-refractivity contribution in [1.29, 1.82) is 0 Å². The van der Waals surface area contributed by atoms with Gasteiger partial charge in [-0.25, -0.2) is 9.59 Å². The van der Waals surface area contributed by atoms with Crippen LogP contribution in [0.5, 0.6) is 0 Å². The molecule has 0 saturated heterocycles. The van der Waals surface area contributed by atoms with E-state index in [0.29, 0.717) is 12.0 Å². The average Bonchev–Trinajstić information content (AvgIpc) is 2.70. The van der Waals surface area contributed by atoms with E-state index in [9.17, 15) is 19.8 Å². The van der Waals surface area contributed by atoms with Gasteiger partial charge in [0.2, 0.25) is 0 Å². The van der Waals surface area contributed by atoms with Crippen LogP contribution in [0.3, 0.4) is 0 Å². The smallest absolute Gasteiger partial charge is 0.336 e. The molecule has 0 bridgehead atoms. The van der Waals surface area contributed by atoms with Gasteiger partial charge in [-0.1, -0.05) is 97.0 Å². The Kier molecular flexibility index (Phi) is 13.1. The molecule has 0 unspecified atom stereocenters. The van der Waals surface area contributed by atoms with Crippen LogP contribution in [-0.4, -0.2) is 22.2 Å². The Hall–Kier alpha value is -1.84. The quantitative estimate of drug-likeness (QED) is 0.267. The maximum Gasteiger partial charge on any atom is 0.336 e. The van der Waals surface area contributed by atoms with Gasteiger partial charge in [-0.15, -0.1) is 0 Å². The van der Waals surface area contributed by atoms with Crippen LogP contribution in [0.2, 0.25) is 0 Å². The molecule has 164 valence electrons. The van der Waals surface area contributed by atoms with E-state index in [2.05, 4.69) is 6.92 Å². The summed E-state index contributed by atoms with van der Waals surface area (Å²) in [5, 5.41) is 18.7. The van der Waals surface area contributed by atoms with Crippen LogP contribution < -0.4 is 0 Å². The number of unbranched alkanes of at least 4 members (excludes halogenated alkanes) is 12. The number of hydrogen-bond donors (Lipinski definition) is 2. The fraction of sp³-hybridized carbons (Fsp3) is 0.680. The third-order valence-corrected chi connectivity index (χ3v) is 5.76. The summed E-state index contributed by atoms with van der Waals surface area (Å²) >= 11 is 0. The van der Waals surface area contributed by atoms with Crippen molar-refractivity contribution in [2.24, 2.45) is 0 Å². The van der Waals surface area contributed by atoms with E-state index in [1.165, 1.54) is 76.7 Å². The highest BCUT2D eigenvalue weighted by Gasteiger charge is 2.21. The Bertz CT molecular complexity index is 621. The molecule has 4 heteroatoms. The summed E-state index contributed by atoms with van der Waals surface area (Å²) in [6.45, 7) is 4.14. The number of aromatic carboxylic acids is 2. The van der Waals surface area contributed by atoms with E-state index >= 15 is 0 Å². The number of carboxylic acid groups (broad SMARTS) is 2. The summed E-state index contributed by atoms with van der Waals surface area (Å²) < 4.78 is 0. The van der Waals surface area contributed by atoms with Crippen molar-refractivity contribution in [1.82, 2.24) is 0 Å². The van der Waals surface area contributed by atoms with Crippen LogP contribution in [0.15, 0.2) is 12.1 Å². The second-order valence-corrected chi connectivity index (χ2v) is 8.08. The molecule has 0 atom stereocenters. The lowest BCUT2D eigenvalue weighted by Crippen LogP contribution is -2.13. The van der Waals surface area contributed by atoms with Crippen molar-refractivity contribution in [3.05, 3.63) is 34.4 Å². The predicted molar refractivity (Wildman–Crippen MR) is 119 cm³/mol. The summed E-state index contributed by atoms with van der Waals surface area (Å²) in [5.41, 5.74) is 1.52. The molecule has 0 aliphatic rings. The van der Waals surface area contributed by atoms with Gasteiger partial charge >= 0.3 is 11.9 Å². The zero-order valence-corrected chi connectivity index (χ0v) is 18.5. The van der Waals surface area contributed by atoms with Crippen molar-refractivity contribution in [3.63, 3.8) is 0 Å². The highest BCUT2D eigenvalue weighted by atomic mass is 16.4. The van der Waals surface area contributed by atoms with Gasteiger partial charge in [0.15, 0.2) is 0 Å². The first-order valence-electron chi connectivity index (χ1n) is 11.6. The fourth-order valence-corrected chi connectivity index (χ4v) is 4.08.